The van der Waals surface area contributed by atoms with Gasteiger partial charge in [0.25, 0.3) is 0 Å². The van der Waals surface area contributed by atoms with Gasteiger partial charge in [0.2, 0.25) is 5.91 Å². The zero-order valence-corrected chi connectivity index (χ0v) is 19.6. The Morgan fingerprint density at radius 2 is 2.10 bits per heavy atom. The highest BCUT2D eigenvalue weighted by atomic mass is 35.5. The Bertz CT molecular complexity index is 915. The molecule has 2 N–H and O–H groups in total. The van der Waals surface area contributed by atoms with E-state index in [1.54, 1.807) is 6.33 Å². The van der Waals surface area contributed by atoms with Crippen molar-refractivity contribution in [1.29, 1.82) is 0 Å². The first-order valence-corrected chi connectivity index (χ1v) is 12.2. The second kappa shape index (κ2) is 9.81. The molecule has 2 aliphatic rings. The molecule has 0 spiro atoms. The zero-order valence-electron chi connectivity index (χ0n) is 18.1. The first-order valence-electron chi connectivity index (χ1n) is 11.0. The van der Waals surface area contributed by atoms with Crippen LogP contribution in [0.1, 0.15) is 60.8 Å². The first-order chi connectivity index (χ1) is 15.0. The van der Waals surface area contributed by atoms with Gasteiger partial charge in [-0.3, -0.25) is 4.79 Å². The van der Waals surface area contributed by atoms with Crippen molar-refractivity contribution in [1.82, 2.24) is 20.2 Å². The monoisotopic (exact) mass is 463 g/mol. The number of nitrogens with one attached hydrogen (secondary N) is 1. The normalized spacial score (nSPS) is 21.9. The Kier molecular flexibility index (Phi) is 7.11. The molecule has 1 amide bonds. The van der Waals surface area contributed by atoms with Gasteiger partial charge in [0.1, 0.15) is 12.1 Å². The van der Waals surface area contributed by atoms with Crippen LogP contribution in [0.25, 0.3) is 0 Å². The summed E-state index contributed by atoms with van der Waals surface area (Å²) in [5, 5.41) is 13.7. The van der Waals surface area contributed by atoms with E-state index >= 15 is 0 Å². The molecule has 2 aromatic rings. The molecule has 0 bridgehead atoms. The fourth-order valence-electron chi connectivity index (χ4n) is 4.56. The standard InChI is InChI=1S/C22H30ClN5O2S/c1-3-6-24-12-15(17-4-5-18(23)31-17)22(30)28-9-7-27(8-10-28)21-19-14(2)11-16(29)20(19)25-13-26-21/h4-5,13-16,24,29H,3,6-12H2,1-2H3. The molecular weight excluding hydrogens is 434 g/mol. The van der Waals surface area contributed by atoms with Crippen LogP contribution in [0.2, 0.25) is 4.34 Å². The molecule has 0 aromatic carbocycles. The molecule has 7 nitrogen and oxygen atoms in total. The van der Waals surface area contributed by atoms with Crippen molar-refractivity contribution in [2.24, 2.45) is 0 Å². The molecular formula is C22H30ClN5O2S. The number of nitrogens with zero attached hydrogens (tertiary/aromatic N) is 4. The molecule has 168 valence electrons. The van der Waals surface area contributed by atoms with E-state index in [4.69, 9.17) is 11.6 Å². The van der Waals surface area contributed by atoms with E-state index < -0.39 is 6.10 Å². The van der Waals surface area contributed by atoms with Crippen molar-refractivity contribution < 1.29 is 9.90 Å². The second-order valence-electron chi connectivity index (χ2n) is 8.36. The number of hydrogen-bond donors (Lipinski definition) is 2. The number of fused-ring (bicyclic) bond motifs is 1. The number of aliphatic hydroxyl groups excluding tert-OH is 1. The third-order valence-corrected chi connectivity index (χ3v) is 7.53. The van der Waals surface area contributed by atoms with Crippen LogP contribution in [0.5, 0.6) is 0 Å². The SMILES string of the molecule is CCCNCC(C(=O)N1CCN(c2ncnc3c2C(C)CC3O)CC1)c1ccc(Cl)s1. The van der Waals surface area contributed by atoms with E-state index in [2.05, 4.69) is 34.0 Å². The van der Waals surface area contributed by atoms with Gasteiger partial charge in [0.15, 0.2) is 0 Å². The molecule has 3 heterocycles. The largest absolute Gasteiger partial charge is 0.387 e. The summed E-state index contributed by atoms with van der Waals surface area (Å²) in [6, 6.07) is 3.83. The van der Waals surface area contributed by atoms with E-state index in [0.29, 0.717) is 30.4 Å². The highest BCUT2D eigenvalue weighted by Gasteiger charge is 2.35. The quantitative estimate of drug-likeness (QED) is 0.614. The van der Waals surface area contributed by atoms with Crippen LogP contribution in [-0.2, 0) is 4.79 Å². The predicted octanol–water partition coefficient (Wildman–Crippen LogP) is 3.16. The average Bonchev–Trinajstić information content (AvgIpc) is 3.33. The van der Waals surface area contributed by atoms with Gasteiger partial charge < -0.3 is 20.2 Å². The van der Waals surface area contributed by atoms with Crippen LogP contribution >= 0.6 is 22.9 Å². The fraction of sp³-hybridized carbons (Fsp3) is 0.591. The lowest BCUT2D eigenvalue weighted by Crippen LogP contribution is -2.51. The van der Waals surface area contributed by atoms with Crippen molar-refractivity contribution in [2.45, 2.75) is 44.6 Å². The number of amides is 1. The number of hydrogen-bond acceptors (Lipinski definition) is 7. The lowest BCUT2D eigenvalue weighted by atomic mass is 10.0. The highest BCUT2D eigenvalue weighted by Crippen LogP contribution is 2.42. The molecule has 0 radical (unpaired) electrons. The van der Waals surface area contributed by atoms with Crippen LogP contribution in [0, 0.1) is 0 Å². The summed E-state index contributed by atoms with van der Waals surface area (Å²) in [6.45, 7) is 8.49. The van der Waals surface area contributed by atoms with Crippen molar-refractivity contribution in [3.05, 3.63) is 38.9 Å². The van der Waals surface area contributed by atoms with E-state index in [1.807, 2.05) is 17.0 Å². The molecule has 9 heteroatoms. The summed E-state index contributed by atoms with van der Waals surface area (Å²) in [7, 11) is 0. The van der Waals surface area contributed by atoms with Crippen LogP contribution in [-0.4, -0.2) is 65.2 Å². The number of anilines is 1. The van der Waals surface area contributed by atoms with E-state index in [-0.39, 0.29) is 17.7 Å². The van der Waals surface area contributed by atoms with Gasteiger partial charge in [-0.15, -0.1) is 11.3 Å². The number of carbonyl (C=O) groups is 1. The Labute approximate surface area is 192 Å². The molecule has 3 atom stereocenters. The fourth-order valence-corrected chi connectivity index (χ4v) is 5.72. The molecule has 1 saturated heterocycles. The van der Waals surface area contributed by atoms with Crippen LogP contribution in [0.15, 0.2) is 18.5 Å². The van der Waals surface area contributed by atoms with Gasteiger partial charge in [0, 0.05) is 43.2 Å². The maximum atomic E-state index is 13.4. The minimum Gasteiger partial charge on any atom is -0.387 e. The Morgan fingerprint density at radius 1 is 1.32 bits per heavy atom. The zero-order chi connectivity index (χ0) is 22.0. The lowest BCUT2D eigenvalue weighted by Gasteiger charge is -2.37. The summed E-state index contributed by atoms with van der Waals surface area (Å²) in [5.41, 5.74) is 1.82. The molecule has 4 rings (SSSR count). The molecule has 31 heavy (non-hydrogen) atoms. The summed E-state index contributed by atoms with van der Waals surface area (Å²) < 4.78 is 0.710. The number of halogens is 1. The minimum atomic E-state index is -0.511. The summed E-state index contributed by atoms with van der Waals surface area (Å²) >= 11 is 7.63. The van der Waals surface area contributed by atoms with Gasteiger partial charge in [-0.1, -0.05) is 25.4 Å². The topological polar surface area (TPSA) is 81.6 Å². The first kappa shape index (κ1) is 22.5. The smallest absolute Gasteiger partial charge is 0.232 e. The number of rotatable bonds is 7. The van der Waals surface area contributed by atoms with Crippen molar-refractivity contribution in [2.75, 3.05) is 44.2 Å². The minimum absolute atomic E-state index is 0.151. The van der Waals surface area contributed by atoms with Crippen molar-refractivity contribution in [3.63, 3.8) is 0 Å². The van der Waals surface area contributed by atoms with Crippen LogP contribution < -0.4 is 10.2 Å². The number of aromatic nitrogens is 2. The maximum absolute atomic E-state index is 13.4. The number of aliphatic hydroxyl groups is 1. The number of carbonyl (C=O) groups excluding carboxylic acids is 1. The Morgan fingerprint density at radius 3 is 2.77 bits per heavy atom. The Balaban J connectivity index is 1.45. The van der Waals surface area contributed by atoms with Gasteiger partial charge >= 0.3 is 0 Å². The molecule has 0 saturated carbocycles. The van der Waals surface area contributed by atoms with Crippen LogP contribution in [0.4, 0.5) is 5.82 Å². The third-order valence-electron chi connectivity index (χ3n) is 6.18. The van der Waals surface area contributed by atoms with Gasteiger partial charge in [-0.2, -0.15) is 0 Å². The molecule has 1 aliphatic heterocycles. The van der Waals surface area contributed by atoms with E-state index in [0.717, 1.165) is 48.0 Å². The summed E-state index contributed by atoms with van der Waals surface area (Å²) in [5.74, 6) is 1.08. The maximum Gasteiger partial charge on any atom is 0.232 e. The second-order valence-corrected chi connectivity index (χ2v) is 10.1. The predicted molar refractivity (Wildman–Crippen MR) is 124 cm³/mol. The third kappa shape index (κ3) is 4.72. The molecule has 1 fully saturated rings. The van der Waals surface area contributed by atoms with Gasteiger partial charge in [-0.05, 0) is 37.4 Å². The van der Waals surface area contributed by atoms with Crippen molar-refractivity contribution >= 4 is 34.7 Å². The van der Waals surface area contributed by atoms with E-state index in [1.165, 1.54) is 11.3 Å². The van der Waals surface area contributed by atoms with Crippen molar-refractivity contribution in [3.8, 4) is 0 Å². The lowest BCUT2D eigenvalue weighted by molar-refractivity contribution is -0.133. The number of thiophene rings is 1. The Hall–Kier alpha value is -1.74. The van der Waals surface area contributed by atoms with Gasteiger partial charge in [-0.25, -0.2) is 9.97 Å². The average molecular weight is 464 g/mol. The highest BCUT2D eigenvalue weighted by molar-refractivity contribution is 7.16. The molecule has 3 unspecified atom stereocenters. The van der Waals surface area contributed by atoms with Gasteiger partial charge in [0.05, 0.1) is 22.1 Å². The van der Waals surface area contributed by atoms with Crippen LogP contribution in [0.3, 0.4) is 0 Å². The summed E-state index contributed by atoms with van der Waals surface area (Å²) in [4.78, 5) is 27.5. The summed E-state index contributed by atoms with van der Waals surface area (Å²) in [6.07, 6.45) is 2.75. The number of piperazine rings is 1. The molecule has 2 aromatic heterocycles. The molecule has 1 aliphatic carbocycles. The van der Waals surface area contributed by atoms with E-state index in [9.17, 15) is 9.90 Å².